The zero-order chi connectivity index (χ0) is 26.3. The van der Waals surface area contributed by atoms with Crippen LogP contribution in [-0.4, -0.2) is 54.0 Å². The van der Waals surface area contributed by atoms with E-state index in [1.807, 2.05) is 0 Å². The minimum Gasteiger partial charge on any atom is -0.390 e. The number of sulfone groups is 1. The summed E-state index contributed by atoms with van der Waals surface area (Å²) in [5, 5.41) is 10.5. The molecule has 0 unspecified atom stereocenters. The van der Waals surface area contributed by atoms with Crippen LogP contribution in [0.25, 0.3) is 0 Å². The lowest BCUT2D eigenvalue weighted by Gasteiger charge is -2.31. The topological polar surface area (TPSA) is 138 Å². The van der Waals surface area contributed by atoms with Crippen molar-refractivity contribution >= 4 is 73.1 Å². The van der Waals surface area contributed by atoms with Crippen LogP contribution in [0.3, 0.4) is 0 Å². The van der Waals surface area contributed by atoms with Gasteiger partial charge in [-0.1, -0.05) is 31.9 Å². The van der Waals surface area contributed by atoms with Crippen molar-refractivity contribution in [3.63, 3.8) is 0 Å². The normalized spacial score (nSPS) is 19.6. The van der Waals surface area contributed by atoms with Crippen LogP contribution < -0.4 is 9.03 Å². The van der Waals surface area contributed by atoms with Gasteiger partial charge in [-0.05, 0) is 72.8 Å². The lowest BCUT2D eigenvalue weighted by atomic mass is 10.2. The molecule has 192 valence electrons. The molecule has 1 fully saturated rings. The zero-order valence-corrected chi connectivity index (χ0v) is 23.9. The second-order valence-corrected chi connectivity index (χ2v) is 15.6. The standard InChI is InChI=1S/C22H20Br2N2O7S3/c23-15-1-9-19(10-2-15)35(30,31)25-17-5-7-18(8-6-17)26(21-13-34(28,29)14-22(21)27)36(32,33)20-11-3-16(24)4-12-20/h1-12,21-22,25,27H,13-14H2/t21-,22-/m0/s1. The third-order valence-corrected chi connectivity index (χ3v) is 11.5. The third-order valence-electron chi connectivity index (χ3n) is 5.46. The number of sulfonamides is 2. The van der Waals surface area contributed by atoms with Crippen molar-refractivity contribution in [3.8, 4) is 0 Å². The predicted octanol–water partition coefficient (Wildman–Crippen LogP) is 3.37. The fourth-order valence-corrected chi connectivity index (χ4v) is 8.90. The first-order valence-electron chi connectivity index (χ1n) is 10.4. The van der Waals surface area contributed by atoms with Crippen molar-refractivity contribution in [2.45, 2.75) is 21.9 Å². The van der Waals surface area contributed by atoms with Crippen LogP contribution in [0.15, 0.2) is 91.5 Å². The van der Waals surface area contributed by atoms with Crippen molar-refractivity contribution in [2.24, 2.45) is 0 Å². The summed E-state index contributed by atoms with van der Waals surface area (Å²) >= 11 is 6.50. The highest BCUT2D eigenvalue weighted by atomic mass is 79.9. The summed E-state index contributed by atoms with van der Waals surface area (Å²) in [6.07, 6.45) is -1.43. The van der Waals surface area contributed by atoms with Gasteiger partial charge in [-0.15, -0.1) is 0 Å². The Hall–Kier alpha value is -1.97. The predicted molar refractivity (Wildman–Crippen MR) is 144 cm³/mol. The lowest BCUT2D eigenvalue weighted by molar-refractivity contribution is 0.184. The maximum atomic E-state index is 13.6. The lowest BCUT2D eigenvalue weighted by Crippen LogP contribution is -2.47. The number of nitrogens with one attached hydrogen (secondary N) is 1. The molecule has 36 heavy (non-hydrogen) atoms. The largest absolute Gasteiger partial charge is 0.390 e. The number of hydrogen-bond donors (Lipinski definition) is 2. The molecular weight excluding hydrogens is 660 g/mol. The highest BCUT2D eigenvalue weighted by molar-refractivity contribution is 9.10. The minimum atomic E-state index is -4.29. The molecular formula is C22H20Br2N2O7S3. The van der Waals surface area contributed by atoms with E-state index in [-0.39, 0.29) is 21.2 Å². The number of aliphatic hydroxyl groups is 1. The van der Waals surface area contributed by atoms with E-state index < -0.39 is 53.5 Å². The summed E-state index contributed by atoms with van der Waals surface area (Å²) in [6.45, 7) is 0. The average Bonchev–Trinajstić information content (AvgIpc) is 3.07. The van der Waals surface area contributed by atoms with Gasteiger partial charge in [0.2, 0.25) is 0 Å². The van der Waals surface area contributed by atoms with Crippen LogP contribution in [0, 0.1) is 0 Å². The Morgan fingerprint density at radius 3 is 1.75 bits per heavy atom. The molecule has 0 spiro atoms. The van der Waals surface area contributed by atoms with E-state index in [0.29, 0.717) is 8.95 Å². The maximum Gasteiger partial charge on any atom is 0.264 e. The van der Waals surface area contributed by atoms with Crippen molar-refractivity contribution in [1.82, 2.24) is 0 Å². The summed E-state index contributed by atoms with van der Waals surface area (Å²) in [6, 6.07) is 16.0. The molecule has 0 amide bonds. The molecule has 1 aliphatic rings. The van der Waals surface area contributed by atoms with Gasteiger partial charge in [-0.2, -0.15) is 0 Å². The molecule has 1 heterocycles. The molecule has 0 radical (unpaired) electrons. The van der Waals surface area contributed by atoms with E-state index in [1.165, 1.54) is 60.7 Å². The van der Waals surface area contributed by atoms with Crippen LogP contribution in [0.2, 0.25) is 0 Å². The number of anilines is 2. The molecule has 3 aromatic carbocycles. The fraction of sp³-hybridized carbons (Fsp3) is 0.182. The summed E-state index contributed by atoms with van der Waals surface area (Å²) in [5.41, 5.74) is 0.243. The van der Waals surface area contributed by atoms with Crippen molar-refractivity contribution in [1.29, 1.82) is 0 Å². The maximum absolute atomic E-state index is 13.6. The van der Waals surface area contributed by atoms with Crippen LogP contribution in [0.1, 0.15) is 0 Å². The van der Waals surface area contributed by atoms with Crippen LogP contribution in [0.4, 0.5) is 11.4 Å². The van der Waals surface area contributed by atoms with Gasteiger partial charge in [0, 0.05) is 14.6 Å². The monoisotopic (exact) mass is 678 g/mol. The van der Waals surface area contributed by atoms with Gasteiger partial charge in [0.25, 0.3) is 20.0 Å². The van der Waals surface area contributed by atoms with Gasteiger partial charge in [0.1, 0.15) is 0 Å². The molecule has 3 aromatic rings. The molecule has 0 saturated carbocycles. The number of aliphatic hydroxyl groups excluding tert-OH is 1. The molecule has 2 N–H and O–H groups in total. The van der Waals surface area contributed by atoms with E-state index in [0.717, 1.165) is 4.31 Å². The molecule has 1 aliphatic heterocycles. The van der Waals surface area contributed by atoms with Crippen molar-refractivity contribution in [3.05, 3.63) is 81.7 Å². The molecule has 1 saturated heterocycles. The molecule has 0 aliphatic carbocycles. The highest BCUT2D eigenvalue weighted by Gasteiger charge is 2.45. The third kappa shape index (κ3) is 5.78. The van der Waals surface area contributed by atoms with Crippen molar-refractivity contribution in [2.75, 3.05) is 20.5 Å². The van der Waals surface area contributed by atoms with Crippen LogP contribution in [-0.2, 0) is 29.9 Å². The quantitative estimate of drug-likeness (QED) is 0.391. The molecule has 14 heteroatoms. The first-order valence-corrected chi connectivity index (χ1v) is 16.7. The molecule has 0 bridgehead atoms. The number of halogens is 2. The smallest absolute Gasteiger partial charge is 0.264 e. The Morgan fingerprint density at radius 2 is 1.28 bits per heavy atom. The van der Waals surface area contributed by atoms with Gasteiger partial charge < -0.3 is 5.11 Å². The highest BCUT2D eigenvalue weighted by Crippen LogP contribution is 2.32. The van der Waals surface area contributed by atoms with Gasteiger partial charge in [-0.25, -0.2) is 25.3 Å². The van der Waals surface area contributed by atoms with Crippen LogP contribution in [0.5, 0.6) is 0 Å². The Kier molecular flexibility index (Phi) is 7.57. The second-order valence-electron chi connectivity index (χ2n) is 8.07. The summed E-state index contributed by atoms with van der Waals surface area (Å²) in [7, 11) is -11.9. The zero-order valence-electron chi connectivity index (χ0n) is 18.3. The van der Waals surface area contributed by atoms with E-state index in [9.17, 15) is 30.4 Å². The molecule has 0 aromatic heterocycles. The van der Waals surface area contributed by atoms with Gasteiger partial charge >= 0.3 is 0 Å². The summed E-state index contributed by atoms with van der Waals surface area (Å²) in [5.74, 6) is -1.11. The van der Waals surface area contributed by atoms with Gasteiger partial charge in [0.05, 0.1) is 39.1 Å². The van der Waals surface area contributed by atoms with E-state index >= 15 is 0 Å². The van der Waals surface area contributed by atoms with Crippen molar-refractivity contribution < 1.29 is 30.4 Å². The number of benzene rings is 3. The SMILES string of the molecule is O=S1(=O)C[C@H](O)[C@@H](N(c2ccc(NS(=O)(=O)c3ccc(Br)cc3)cc2)S(=O)(=O)c2ccc(Br)cc2)C1. The number of nitrogens with zero attached hydrogens (tertiary/aromatic N) is 1. The number of hydrogen-bond acceptors (Lipinski definition) is 7. The first kappa shape index (κ1) is 27.1. The van der Waals surface area contributed by atoms with E-state index in [4.69, 9.17) is 0 Å². The second kappa shape index (κ2) is 10.1. The van der Waals surface area contributed by atoms with E-state index in [2.05, 4.69) is 36.6 Å². The van der Waals surface area contributed by atoms with E-state index in [1.54, 1.807) is 12.1 Å². The Balaban J connectivity index is 1.71. The van der Waals surface area contributed by atoms with Gasteiger partial charge in [-0.3, -0.25) is 9.03 Å². The first-order chi connectivity index (χ1) is 16.8. The fourth-order valence-electron chi connectivity index (χ4n) is 3.77. The molecule has 9 nitrogen and oxygen atoms in total. The molecule has 4 rings (SSSR count). The summed E-state index contributed by atoms with van der Waals surface area (Å²) in [4.78, 5) is -0.0595. The van der Waals surface area contributed by atoms with Crippen LogP contribution >= 0.6 is 31.9 Å². The summed E-state index contributed by atoms with van der Waals surface area (Å²) < 4.78 is 81.7. The number of rotatable bonds is 7. The Labute approximate surface area is 226 Å². The van der Waals surface area contributed by atoms with Gasteiger partial charge in [0.15, 0.2) is 9.84 Å². The molecule has 2 atom stereocenters. The Morgan fingerprint density at radius 1 is 0.778 bits per heavy atom. The average molecular weight is 680 g/mol. The Bertz CT molecular complexity index is 1580. The minimum absolute atomic E-state index is 0.0357.